The van der Waals surface area contributed by atoms with Crippen LogP contribution in [0.3, 0.4) is 0 Å². The van der Waals surface area contributed by atoms with E-state index in [4.69, 9.17) is 9.47 Å². The van der Waals surface area contributed by atoms with Gasteiger partial charge in [-0.15, -0.1) is 0 Å². The first-order valence-corrected chi connectivity index (χ1v) is 7.72. The number of anilines is 2. The van der Waals surface area contributed by atoms with Crippen LogP contribution in [0.25, 0.3) is 0 Å². The van der Waals surface area contributed by atoms with Crippen molar-refractivity contribution in [3.05, 3.63) is 24.3 Å². The van der Waals surface area contributed by atoms with E-state index in [2.05, 4.69) is 15.5 Å². The minimum Gasteiger partial charge on any atom is -0.385 e. The number of morpholine rings is 1. The van der Waals surface area contributed by atoms with Gasteiger partial charge in [-0.25, -0.2) is 0 Å². The number of methoxy groups -OCH3 is 1. The van der Waals surface area contributed by atoms with Gasteiger partial charge in [0.1, 0.15) is 0 Å². The molecule has 1 amide bonds. The SMILES string of the molecule is COCCCNCC(=O)Nc1ccccc1N1CCOCC1. The highest BCUT2D eigenvalue weighted by atomic mass is 16.5. The molecule has 0 saturated carbocycles. The van der Waals surface area contributed by atoms with Gasteiger partial charge in [-0.2, -0.15) is 0 Å². The third-order valence-electron chi connectivity index (χ3n) is 3.52. The summed E-state index contributed by atoms with van der Waals surface area (Å²) in [5.41, 5.74) is 1.91. The second-order valence-electron chi connectivity index (χ2n) is 5.19. The Labute approximate surface area is 131 Å². The Morgan fingerprint density at radius 2 is 2.09 bits per heavy atom. The lowest BCUT2D eigenvalue weighted by Gasteiger charge is -2.30. The molecule has 0 aromatic heterocycles. The van der Waals surface area contributed by atoms with E-state index in [1.165, 1.54) is 0 Å². The van der Waals surface area contributed by atoms with Crippen molar-refractivity contribution in [1.29, 1.82) is 0 Å². The summed E-state index contributed by atoms with van der Waals surface area (Å²) in [6.07, 6.45) is 0.897. The minimum atomic E-state index is -0.0295. The summed E-state index contributed by atoms with van der Waals surface area (Å²) in [5.74, 6) is -0.0295. The Kier molecular flexibility index (Phi) is 7.15. The quantitative estimate of drug-likeness (QED) is 0.704. The van der Waals surface area contributed by atoms with Gasteiger partial charge in [0.15, 0.2) is 0 Å². The highest BCUT2D eigenvalue weighted by molar-refractivity contribution is 5.95. The average molecular weight is 307 g/mol. The molecule has 1 fully saturated rings. The minimum absolute atomic E-state index is 0.0295. The van der Waals surface area contributed by atoms with Crippen LogP contribution >= 0.6 is 0 Å². The fourth-order valence-electron chi connectivity index (χ4n) is 2.40. The average Bonchev–Trinajstić information content (AvgIpc) is 2.56. The van der Waals surface area contributed by atoms with E-state index >= 15 is 0 Å². The van der Waals surface area contributed by atoms with Crippen molar-refractivity contribution in [3.63, 3.8) is 0 Å². The lowest BCUT2D eigenvalue weighted by Crippen LogP contribution is -2.37. The molecule has 1 aromatic rings. The highest BCUT2D eigenvalue weighted by Crippen LogP contribution is 2.26. The van der Waals surface area contributed by atoms with Crippen LogP contribution < -0.4 is 15.5 Å². The molecule has 22 heavy (non-hydrogen) atoms. The fourth-order valence-corrected chi connectivity index (χ4v) is 2.40. The molecule has 0 radical (unpaired) electrons. The maximum absolute atomic E-state index is 12.0. The smallest absolute Gasteiger partial charge is 0.238 e. The Balaban J connectivity index is 1.85. The molecule has 1 aromatic carbocycles. The number of carbonyl (C=O) groups is 1. The molecule has 2 N–H and O–H groups in total. The van der Waals surface area contributed by atoms with E-state index in [-0.39, 0.29) is 5.91 Å². The van der Waals surface area contributed by atoms with Gasteiger partial charge in [0.05, 0.1) is 31.1 Å². The van der Waals surface area contributed by atoms with Crippen LogP contribution in [0.2, 0.25) is 0 Å². The van der Waals surface area contributed by atoms with Crippen molar-refractivity contribution in [1.82, 2.24) is 5.32 Å². The van der Waals surface area contributed by atoms with Gasteiger partial charge in [-0.05, 0) is 25.1 Å². The Morgan fingerprint density at radius 1 is 1.32 bits per heavy atom. The molecule has 0 aliphatic carbocycles. The van der Waals surface area contributed by atoms with E-state index < -0.39 is 0 Å². The monoisotopic (exact) mass is 307 g/mol. The third-order valence-corrected chi connectivity index (χ3v) is 3.52. The number of hydrogen-bond acceptors (Lipinski definition) is 5. The number of ether oxygens (including phenoxy) is 2. The number of carbonyl (C=O) groups excluding carboxylic acids is 1. The zero-order chi connectivity index (χ0) is 15.6. The van der Waals surface area contributed by atoms with Crippen LogP contribution in [-0.2, 0) is 14.3 Å². The molecule has 1 saturated heterocycles. The topological polar surface area (TPSA) is 62.8 Å². The molecule has 6 heteroatoms. The lowest BCUT2D eigenvalue weighted by molar-refractivity contribution is -0.115. The number of nitrogens with zero attached hydrogens (tertiary/aromatic N) is 1. The molecular formula is C16H25N3O3. The van der Waals surface area contributed by atoms with Gasteiger partial charge in [-0.3, -0.25) is 4.79 Å². The first-order valence-electron chi connectivity index (χ1n) is 7.72. The van der Waals surface area contributed by atoms with E-state index in [1.54, 1.807) is 7.11 Å². The van der Waals surface area contributed by atoms with Crippen LogP contribution in [0.15, 0.2) is 24.3 Å². The molecule has 122 valence electrons. The molecule has 0 spiro atoms. The number of rotatable bonds is 8. The van der Waals surface area contributed by atoms with Crippen molar-refractivity contribution >= 4 is 17.3 Å². The van der Waals surface area contributed by atoms with Crippen LogP contribution in [0.5, 0.6) is 0 Å². The van der Waals surface area contributed by atoms with Crippen LogP contribution in [0.4, 0.5) is 11.4 Å². The lowest BCUT2D eigenvalue weighted by atomic mass is 10.2. The summed E-state index contributed by atoms with van der Waals surface area (Å²) in [5, 5.41) is 6.10. The summed E-state index contributed by atoms with van der Waals surface area (Å²) in [4.78, 5) is 14.3. The summed E-state index contributed by atoms with van der Waals surface area (Å²) in [7, 11) is 1.68. The highest BCUT2D eigenvalue weighted by Gasteiger charge is 2.15. The van der Waals surface area contributed by atoms with Crippen molar-refractivity contribution < 1.29 is 14.3 Å². The van der Waals surface area contributed by atoms with Gasteiger partial charge in [0, 0.05) is 26.8 Å². The third kappa shape index (κ3) is 5.29. The molecule has 1 aliphatic heterocycles. The zero-order valence-electron chi connectivity index (χ0n) is 13.1. The summed E-state index contributed by atoms with van der Waals surface area (Å²) in [6.45, 7) is 4.93. The summed E-state index contributed by atoms with van der Waals surface area (Å²) < 4.78 is 10.3. The zero-order valence-corrected chi connectivity index (χ0v) is 13.1. The van der Waals surface area contributed by atoms with Crippen molar-refractivity contribution in [2.24, 2.45) is 0 Å². The Hall–Kier alpha value is -1.63. The van der Waals surface area contributed by atoms with Crippen molar-refractivity contribution in [2.45, 2.75) is 6.42 Å². The maximum atomic E-state index is 12.0. The molecule has 0 bridgehead atoms. The van der Waals surface area contributed by atoms with Gasteiger partial charge in [0.2, 0.25) is 5.91 Å². The normalized spacial score (nSPS) is 14.9. The molecule has 2 rings (SSSR count). The maximum Gasteiger partial charge on any atom is 0.238 e. The second kappa shape index (κ2) is 9.40. The van der Waals surface area contributed by atoms with Gasteiger partial charge >= 0.3 is 0 Å². The van der Waals surface area contributed by atoms with Crippen LogP contribution in [0.1, 0.15) is 6.42 Å². The number of hydrogen-bond donors (Lipinski definition) is 2. The van der Waals surface area contributed by atoms with Crippen molar-refractivity contribution in [3.8, 4) is 0 Å². The molecular weight excluding hydrogens is 282 g/mol. The van der Waals surface area contributed by atoms with Gasteiger partial charge in [-0.1, -0.05) is 12.1 Å². The fraction of sp³-hybridized carbons (Fsp3) is 0.562. The van der Waals surface area contributed by atoms with Crippen molar-refractivity contribution in [2.75, 3.05) is 63.3 Å². The van der Waals surface area contributed by atoms with Crippen LogP contribution in [-0.4, -0.2) is 59.0 Å². The van der Waals surface area contributed by atoms with E-state index in [1.807, 2.05) is 24.3 Å². The second-order valence-corrected chi connectivity index (χ2v) is 5.19. The Bertz CT molecular complexity index is 462. The first kappa shape index (κ1) is 16.7. The van der Waals surface area contributed by atoms with Gasteiger partial charge < -0.3 is 25.0 Å². The first-order chi connectivity index (χ1) is 10.8. The molecule has 6 nitrogen and oxygen atoms in total. The molecule has 1 heterocycles. The largest absolute Gasteiger partial charge is 0.385 e. The molecule has 0 atom stereocenters. The van der Waals surface area contributed by atoms with Gasteiger partial charge in [0.25, 0.3) is 0 Å². The standard InChI is InChI=1S/C16H25N3O3/c1-21-10-4-7-17-13-16(20)18-14-5-2-3-6-15(14)19-8-11-22-12-9-19/h2-3,5-6,17H,4,7-13H2,1H3,(H,18,20). The predicted octanol–water partition coefficient (Wildman–Crippen LogP) is 1.09. The summed E-state index contributed by atoms with van der Waals surface area (Å²) >= 11 is 0. The van der Waals surface area contributed by atoms with E-state index in [9.17, 15) is 4.79 Å². The van der Waals surface area contributed by atoms with E-state index in [0.717, 1.165) is 50.6 Å². The predicted molar refractivity (Wildman–Crippen MR) is 87.5 cm³/mol. The Morgan fingerprint density at radius 3 is 2.86 bits per heavy atom. The number of para-hydroxylation sites is 2. The number of amides is 1. The summed E-state index contributed by atoms with van der Waals surface area (Å²) in [6, 6.07) is 7.90. The van der Waals surface area contributed by atoms with Crippen LogP contribution in [0, 0.1) is 0 Å². The number of benzene rings is 1. The molecule has 1 aliphatic rings. The van der Waals surface area contributed by atoms with E-state index in [0.29, 0.717) is 13.2 Å². The number of nitrogens with one attached hydrogen (secondary N) is 2. The molecule has 0 unspecified atom stereocenters.